The van der Waals surface area contributed by atoms with E-state index < -0.39 is 0 Å². The molecule has 3 rings (SSSR count). The third-order valence-electron chi connectivity index (χ3n) is 5.21. The van der Waals surface area contributed by atoms with Crippen molar-refractivity contribution in [3.63, 3.8) is 0 Å². The van der Waals surface area contributed by atoms with Gasteiger partial charge in [0.05, 0.1) is 26.4 Å². The van der Waals surface area contributed by atoms with Gasteiger partial charge in [0.1, 0.15) is 5.82 Å². The van der Waals surface area contributed by atoms with E-state index in [0.29, 0.717) is 32.0 Å². The van der Waals surface area contributed by atoms with Crippen molar-refractivity contribution >= 4 is 5.91 Å². The number of phenols is 1. The first kappa shape index (κ1) is 22.1. The Balaban J connectivity index is 1.72. The lowest BCUT2D eigenvalue weighted by molar-refractivity contribution is -0.133. The minimum absolute atomic E-state index is 0.0515. The van der Waals surface area contributed by atoms with Gasteiger partial charge in [-0.15, -0.1) is 0 Å². The highest BCUT2D eigenvalue weighted by Crippen LogP contribution is 2.27. The van der Waals surface area contributed by atoms with Gasteiger partial charge in [-0.05, 0) is 49.2 Å². The SMILES string of the molecule is COc1ccc(CN2CC(=O)N(C(C)C)CC(OCc3ccc(F)cc3)C2)cc1O. The second-order valence-corrected chi connectivity index (χ2v) is 7.88. The minimum Gasteiger partial charge on any atom is -0.504 e. The Morgan fingerprint density at radius 1 is 1.13 bits per heavy atom. The van der Waals surface area contributed by atoms with E-state index in [9.17, 15) is 14.3 Å². The monoisotopic (exact) mass is 416 g/mol. The maximum atomic E-state index is 13.1. The summed E-state index contributed by atoms with van der Waals surface area (Å²) in [7, 11) is 1.51. The fourth-order valence-corrected chi connectivity index (χ4v) is 3.63. The number of amides is 1. The first-order valence-corrected chi connectivity index (χ1v) is 10.1. The lowest BCUT2D eigenvalue weighted by atomic mass is 10.1. The molecule has 0 saturated carbocycles. The molecule has 1 atom stereocenters. The van der Waals surface area contributed by atoms with Crippen molar-refractivity contribution in [3.8, 4) is 11.5 Å². The number of aromatic hydroxyl groups is 1. The molecule has 0 aromatic heterocycles. The molecule has 1 aliphatic heterocycles. The number of nitrogens with zero attached hydrogens (tertiary/aromatic N) is 2. The third-order valence-corrected chi connectivity index (χ3v) is 5.21. The number of carbonyl (C=O) groups is 1. The van der Waals surface area contributed by atoms with E-state index in [2.05, 4.69) is 0 Å². The van der Waals surface area contributed by atoms with Crippen LogP contribution in [0.15, 0.2) is 42.5 Å². The number of ether oxygens (including phenoxy) is 2. The normalized spacial score (nSPS) is 18.0. The fourth-order valence-electron chi connectivity index (χ4n) is 3.63. The summed E-state index contributed by atoms with van der Waals surface area (Å²) in [6, 6.07) is 11.6. The average Bonchev–Trinajstić information content (AvgIpc) is 2.86. The number of rotatable bonds is 7. The third kappa shape index (κ3) is 5.70. The van der Waals surface area contributed by atoms with Crippen molar-refractivity contribution in [1.82, 2.24) is 9.80 Å². The molecule has 1 N–H and O–H groups in total. The zero-order valence-electron chi connectivity index (χ0n) is 17.7. The summed E-state index contributed by atoms with van der Waals surface area (Å²) in [5.74, 6) is 0.260. The van der Waals surface area contributed by atoms with Crippen molar-refractivity contribution in [2.45, 2.75) is 39.1 Å². The van der Waals surface area contributed by atoms with Crippen LogP contribution in [0.3, 0.4) is 0 Å². The van der Waals surface area contributed by atoms with Gasteiger partial charge in [0.25, 0.3) is 0 Å². The molecule has 1 fully saturated rings. The molecular formula is C23H29FN2O4. The van der Waals surface area contributed by atoms with Gasteiger partial charge in [-0.25, -0.2) is 4.39 Å². The van der Waals surface area contributed by atoms with Crippen LogP contribution in [-0.4, -0.2) is 59.7 Å². The van der Waals surface area contributed by atoms with E-state index in [1.165, 1.54) is 19.2 Å². The van der Waals surface area contributed by atoms with Crippen LogP contribution in [0.1, 0.15) is 25.0 Å². The van der Waals surface area contributed by atoms with E-state index in [0.717, 1.165) is 11.1 Å². The molecule has 0 radical (unpaired) electrons. The zero-order valence-corrected chi connectivity index (χ0v) is 17.7. The number of benzene rings is 2. The van der Waals surface area contributed by atoms with E-state index in [4.69, 9.17) is 9.47 Å². The predicted molar refractivity (Wildman–Crippen MR) is 112 cm³/mol. The number of halogens is 1. The highest BCUT2D eigenvalue weighted by Gasteiger charge is 2.30. The Kier molecular flexibility index (Phi) is 7.29. The van der Waals surface area contributed by atoms with E-state index in [1.807, 2.05) is 29.7 Å². The van der Waals surface area contributed by atoms with Gasteiger partial charge in [0.15, 0.2) is 11.5 Å². The van der Waals surface area contributed by atoms with Crippen LogP contribution < -0.4 is 4.74 Å². The molecule has 1 aliphatic rings. The Morgan fingerprint density at radius 3 is 2.47 bits per heavy atom. The number of carbonyl (C=O) groups excluding carboxylic acids is 1. The highest BCUT2D eigenvalue weighted by molar-refractivity contribution is 5.79. The lowest BCUT2D eigenvalue weighted by Crippen LogP contribution is -2.42. The predicted octanol–water partition coefficient (Wildman–Crippen LogP) is 3.18. The summed E-state index contributed by atoms with van der Waals surface area (Å²) >= 11 is 0. The molecule has 1 amide bonds. The highest BCUT2D eigenvalue weighted by atomic mass is 19.1. The average molecular weight is 416 g/mol. The second-order valence-electron chi connectivity index (χ2n) is 7.88. The molecule has 30 heavy (non-hydrogen) atoms. The number of phenolic OH excluding ortho intramolecular Hbond substituents is 1. The molecule has 0 bridgehead atoms. The Bertz CT molecular complexity index is 857. The van der Waals surface area contributed by atoms with Gasteiger partial charge in [-0.2, -0.15) is 0 Å². The van der Waals surface area contributed by atoms with Crippen molar-refractivity contribution in [2.24, 2.45) is 0 Å². The van der Waals surface area contributed by atoms with Crippen molar-refractivity contribution < 1.29 is 23.8 Å². The molecule has 2 aromatic carbocycles. The van der Waals surface area contributed by atoms with Gasteiger partial charge >= 0.3 is 0 Å². The van der Waals surface area contributed by atoms with Crippen LogP contribution in [0.25, 0.3) is 0 Å². The van der Waals surface area contributed by atoms with Gasteiger partial charge in [0, 0.05) is 25.7 Å². The molecule has 0 aliphatic carbocycles. The van der Waals surface area contributed by atoms with Crippen molar-refractivity contribution in [3.05, 3.63) is 59.4 Å². The van der Waals surface area contributed by atoms with E-state index >= 15 is 0 Å². The van der Waals surface area contributed by atoms with Gasteiger partial charge in [-0.3, -0.25) is 9.69 Å². The first-order valence-electron chi connectivity index (χ1n) is 10.1. The molecule has 7 heteroatoms. The minimum atomic E-state index is -0.279. The van der Waals surface area contributed by atoms with Crippen LogP contribution in [0.4, 0.5) is 4.39 Å². The van der Waals surface area contributed by atoms with E-state index in [-0.39, 0.29) is 36.2 Å². The zero-order chi connectivity index (χ0) is 21.7. The quantitative estimate of drug-likeness (QED) is 0.751. The summed E-state index contributed by atoms with van der Waals surface area (Å²) in [4.78, 5) is 16.7. The fraction of sp³-hybridized carbons (Fsp3) is 0.435. The summed E-state index contributed by atoms with van der Waals surface area (Å²) in [5, 5.41) is 10.1. The second kappa shape index (κ2) is 9.91. The van der Waals surface area contributed by atoms with Crippen LogP contribution in [0, 0.1) is 5.82 Å². The number of hydrogen-bond acceptors (Lipinski definition) is 5. The molecule has 0 spiro atoms. The molecule has 162 valence electrons. The lowest BCUT2D eigenvalue weighted by Gasteiger charge is -2.27. The summed E-state index contributed by atoms with van der Waals surface area (Å²) in [5.41, 5.74) is 1.77. The summed E-state index contributed by atoms with van der Waals surface area (Å²) in [6.07, 6.45) is -0.184. The number of hydrogen-bond donors (Lipinski definition) is 1. The maximum absolute atomic E-state index is 13.1. The molecule has 2 aromatic rings. The molecule has 1 unspecified atom stereocenters. The smallest absolute Gasteiger partial charge is 0.237 e. The van der Waals surface area contributed by atoms with Gasteiger partial charge in [-0.1, -0.05) is 18.2 Å². The topological polar surface area (TPSA) is 62.2 Å². The standard InChI is InChI=1S/C23H29FN2O4/c1-16(2)26-13-20(30-15-17-4-7-19(24)8-5-17)12-25(14-23(26)28)11-18-6-9-22(29-3)21(27)10-18/h4-10,16,20,27H,11-15H2,1-3H3. The van der Waals surface area contributed by atoms with Crippen molar-refractivity contribution in [2.75, 3.05) is 26.7 Å². The molecular weight excluding hydrogens is 387 g/mol. The van der Waals surface area contributed by atoms with Crippen LogP contribution in [0.2, 0.25) is 0 Å². The van der Waals surface area contributed by atoms with Crippen LogP contribution in [-0.2, 0) is 22.7 Å². The Labute approximate surface area is 176 Å². The first-order chi connectivity index (χ1) is 14.4. The molecule has 6 nitrogen and oxygen atoms in total. The molecule has 1 saturated heterocycles. The van der Waals surface area contributed by atoms with Gasteiger partial charge in [0.2, 0.25) is 5.91 Å². The van der Waals surface area contributed by atoms with Crippen molar-refractivity contribution in [1.29, 1.82) is 0 Å². The maximum Gasteiger partial charge on any atom is 0.237 e. The van der Waals surface area contributed by atoms with Crippen LogP contribution >= 0.6 is 0 Å². The van der Waals surface area contributed by atoms with E-state index in [1.54, 1.807) is 24.3 Å². The molecule has 1 heterocycles. The summed E-state index contributed by atoms with van der Waals surface area (Å²) in [6.45, 7) is 6.19. The van der Waals surface area contributed by atoms with Gasteiger partial charge < -0.3 is 19.5 Å². The Hall–Kier alpha value is -2.64. The number of methoxy groups -OCH3 is 1. The Morgan fingerprint density at radius 2 is 1.83 bits per heavy atom. The summed E-state index contributed by atoms with van der Waals surface area (Å²) < 4.78 is 24.4. The largest absolute Gasteiger partial charge is 0.504 e. The van der Waals surface area contributed by atoms with Crippen LogP contribution in [0.5, 0.6) is 11.5 Å².